The number of carbonyl (C=O) groups is 1. The molecule has 0 aromatic carbocycles. The highest BCUT2D eigenvalue weighted by Gasteiger charge is 2.27. The Hall–Kier alpha value is -1.68. The second-order valence-corrected chi connectivity index (χ2v) is 7.02. The monoisotopic (exact) mass is 339 g/mol. The number of amides is 1. The molecule has 0 saturated carbocycles. The van der Waals surface area contributed by atoms with Gasteiger partial charge in [-0.2, -0.15) is 0 Å². The predicted molar refractivity (Wildman–Crippen MR) is 78.9 cm³/mol. The fraction of sp³-hybridized carbons (Fsp3) is 0.364. The fourth-order valence-electron chi connectivity index (χ4n) is 1.50. The molecule has 1 aromatic rings. The number of halogens is 2. The summed E-state index contributed by atoms with van der Waals surface area (Å²) in [6.45, 7) is 2.86. The maximum atomic E-state index is 12.3. The van der Waals surface area contributed by atoms with Gasteiger partial charge in [0.05, 0.1) is 12.2 Å². The molecule has 0 unspecified atom stereocenters. The Balaban J connectivity index is 3.24. The molecule has 1 heterocycles. The number of hydrogen-bond acceptors (Lipinski definition) is 6. The first-order chi connectivity index (χ1) is 9.68. The van der Waals surface area contributed by atoms with E-state index in [1.165, 1.54) is 6.08 Å². The lowest BCUT2D eigenvalue weighted by Gasteiger charge is -2.05. The van der Waals surface area contributed by atoms with Gasteiger partial charge in [-0.3, -0.25) is 4.79 Å². The van der Waals surface area contributed by atoms with Crippen molar-refractivity contribution in [2.24, 2.45) is 0 Å². The summed E-state index contributed by atoms with van der Waals surface area (Å²) >= 11 is 0.719. The Morgan fingerprint density at radius 1 is 1.52 bits per heavy atom. The SMILES string of the molecule is C=CCNC(=O)c1sc(NCC(F)F)c(S(C)(=O)=O)c1N. The molecule has 0 bridgehead atoms. The minimum atomic E-state index is -3.77. The van der Waals surface area contributed by atoms with Crippen LogP contribution in [0.15, 0.2) is 17.6 Å². The number of anilines is 2. The molecule has 0 spiro atoms. The van der Waals surface area contributed by atoms with Gasteiger partial charge in [-0.1, -0.05) is 6.08 Å². The first kappa shape index (κ1) is 17.4. The van der Waals surface area contributed by atoms with Gasteiger partial charge in [0.25, 0.3) is 12.3 Å². The largest absolute Gasteiger partial charge is 0.396 e. The van der Waals surface area contributed by atoms with Crippen molar-refractivity contribution in [3.05, 3.63) is 17.5 Å². The number of nitrogens with two attached hydrogens (primary N) is 1. The van der Waals surface area contributed by atoms with Crippen LogP contribution >= 0.6 is 11.3 Å². The average molecular weight is 339 g/mol. The molecule has 0 fully saturated rings. The molecule has 0 saturated heterocycles. The van der Waals surface area contributed by atoms with Gasteiger partial charge >= 0.3 is 0 Å². The summed E-state index contributed by atoms with van der Waals surface area (Å²) in [5.74, 6) is -0.590. The molecule has 0 atom stereocenters. The third kappa shape index (κ3) is 4.39. The van der Waals surface area contributed by atoms with Crippen LogP contribution in [0, 0.1) is 0 Å². The molecule has 0 aliphatic carbocycles. The number of nitrogens with one attached hydrogen (secondary N) is 2. The van der Waals surface area contributed by atoms with E-state index >= 15 is 0 Å². The summed E-state index contributed by atoms with van der Waals surface area (Å²) in [4.78, 5) is 11.5. The summed E-state index contributed by atoms with van der Waals surface area (Å²) in [5.41, 5.74) is 5.44. The summed E-state index contributed by atoms with van der Waals surface area (Å²) in [5, 5.41) is 4.68. The number of carbonyl (C=O) groups excluding carboxylic acids is 1. The van der Waals surface area contributed by atoms with Gasteiger partial charge in [0.1, 0.15) is 14.8 Å². The summed E-state index contributed by atoms with van der Waals surface area (Å²) < 4.78 is 47.9. The molecule has 0 aliphatic rings. The standard InChI is InChI=1S/C11H15F2N3O3S2/c1-3-4-15-10(17)8-7(14)9(21(2,18)19)11(20-8)16-5-6(12)13/h3,6,16H,1,4-5,14H2,2H3,(H,15,17). The van der Waals surface area contributed by atoms with Crippen molar-refractivity contribution in [2.45, 2.75) is 11.3 Å². The van der Waals surface area contributed by atoms with Crippen LogP contribution in [0.2, 0.25) is 0 Å². The Bertz CT molecular complexity index is 641. The minimum Gasteiger partial charge on any atom is -0.396 e. The second-order valence-electron chi connectivity index (χ2n) is 4.05. The molecule has 6 nitrogen and oxygen atoms in total. The van der Waals surface area contributed by atoms with Gasteiger partial charge in [-0.05, 0) is 0 Å². The third-order valence-corrected chi connectivity index (χ3v) is 4.76. The topological polar surface area (TPSA) is 101 Å². The van der Waals surface area contributed by atoms with E-state index in [2.05, 4.69) is 17.2 Å². The van der Waals surface area contributed by atoms with Gasteiger partial charge in [-0.25, -0.2) is 17.2 Å². The van der Waals surface area contributed by atoms with Crippen molar-refractivity contribution in [1.82, 2.24) is 5.32 Å². The molecule has 21 heavy (non-hydrogen) atoms. The first-order valence-corrected chi connectivity index (χ1v) is 8.42. The van der Waals surface area contributed by atoms with E-state index in [9.17, 15) is 22.0 Å². The van der Waals surface area contributed by atoms with Gasteiger partial charge in [0, 0.05) is 12.8 Å². The molecule has 1 aromatic heterocycles. The average Bonchev–Trinajstić information content (AvgIpc) is 2.70. The lowest BCUT2D eigenvalue weighted by atomic mass is 10.3. The van der Waals surface area contributed by atoms with Gasteiger partial charge in [0.15, 0.2) is 9.84 Å². The van der Waals surface area contributed by atoms with Crippen molar-refractivity contribution >= 4 is 37.8 Å². The van der Waals surface area contributed by atoms with Crippen LogP contribution in [0.3, 0.4) is 0 Å². The highest BCUT2D eigenvalue weighted by molar-refractivity contribution is 7.91. The Morgan fingerprint density at radius 2 is 2.14 bits per heavy atom. The van der Waals surface area contributed by atoms with E-state index in [0.29, 0.717) is 0 Å². The highest BCUT2D eigenvalue weighted by atomic mass is 32.2. The van der Waals surface area contributed by atoms with Crippen LogP contribution in [-0.2, 0) is 9.84 Å². The number of thiophene rings is 1. The first-order valence-electron chi connectivity index (χ1n) is 5.72. The third-order valence-electron chi connectivity index (χ3n) is 2.30. The number of alkyl halides is 2. The highest BCUT2D eigenvalue weighted by Crippen LogP contribution is 2.39. The van der Waals surface area contributed by atoms with E-state index in [4.69, 9.17) is 5.73 Å². The molecule has 1 amide bonds. The van der Waals surface area contributed by atoms with Gasteiger partial charge in [-0.15, -0.1) is 17.9 Å². The molecule has 118 valence electrons. The molecule has 0 radical (unpaired) electrons. The molecule has 10 heteroatoms. The van der Waals surface area contributed by atoms with Crippen molar-refractivity contribution in [3.8, 4) is 0 Å². The van der Waals surface area contributed by atoms with E-state index in [1.54, 1.807) is 0 Å². The Labute approximate surface area is 124 Å². The van der Waals surface area contributed by atoms with Crippen LogP contribution < -0.4 is 16.4 Å². The normalized spacial score (nSPS) is 11.4. The summed E-state index contributed by atoms with van der Waals surface area (Å²) in [7, 11) is -3.77. The predicted octanol–water partition coefficient (Wildman–Crippen LogP) is 1.33. The van der Waals surface area contributed by atoms with Crippen molar-refractivity contribution in [1.29, 1.82) is 0 Å². The maximum Gasteiger partial charge on any atom is 0.263 e. The van der Waals surface area contributed by atoms with E-state index in [1.807, 2.05) is 0 Å². The zero-order valence-electron chi connectivity index (χ0n) is 11.2. The lowest BCUT2D eigenvalue weighted by Crippen LogP contribution is -2.23. The smallest absolute Gasteiger partial charge is 0.263 e. The Kier molecular flexibility index (Phi) is 5.67. The van der Waals surface area contributed by atoms with Crippen molar-refractivity contribution < 1.29 is 22.0 Å². The van der Waals surface area contributed by atoms with E-state index < -0.39 is 28.7 Å². The fourth-order valence-corrected chi connectivity index (χ4v) is 3.99. The minimum absolute atomic E-state index is 0.0472. The zero-order valence-corrected chi connectivity index (χ0v) is 12.8. The zero-order chi connectivity index (χ0) is 16.2. The van der Waals surface area contributed by atoms with E-state index in [-0.39, 0.29) is 27.0 Å². The van der Waals surface area contributed by atoms with Crippen LogP contribution in [-0.4, -0.2) is 40.1 Å². The summed E-state index contributed by atoms with van der Waals surface area (Å²) in [6.07, 6.45) is -0.335. The molecule has 4 N–H and O–H groups in total. The van der Waals surface area contributed by atoms with Crippen molar-refractivity contribution in [3.63, 3.8) is 0 Å². The van der Waals surface area contributed by atoms with Crippen LogP contribution in [0.1, 0.15) is 9.67 Å². The van der Waals surface area contributed by atoms with Crippen LogP contribution in [0.25, 0.3) is 0 Å². The number of sulfone groups is 1. The second kappa shape index (κ2) is 6.85. The summed E-state index contributed by atoms with van der Waals surface area (Å²) in [6, 6.07) is 0. The Morgan fingerprint density at radius 3 is 2.62 bits per heavy atom. The number of hydrogen-bond donors (Lipinski definition) is 3. The van der Waals surface area contributed by atoms with Crippen molar-refractivity contribution in [2.75, 3.05) is 30.4 Å². The van der Waals surface area contributed by atoms with E-state index in [0.717, 1.165) is 17.6 Å². The lowest BCUT2D eigenvalue weighted by molar-refractivity contribution is 0.0962. The maximum absolute atomic E-state index is 12.3. The van der Waals surface area contributed by atoms with Gasteiger partial charge < -0.3 is 16.4 Å². The molecule has 0 aliphatic heterocycles. The quantitative estimate of drug-likeness (QED) is 0.651. The molecular formula is C11H15F2N3O3S2. The molecular weight excluding hydrogens is 324 g/mol. The van der Waals surface area contributed by atoms with Crippen LogP contribution in [0.4, 0.5) is 19.5 Å². The molecule has 1 rings (SSSR count). The van der Waals surface area contributed by atoms with Crippen LogP contribution in [0.5, 0.6) is 0 Å². The number of nitrogen functional groups attached to an aromatic ring is 1. The number of rotatable bonds is 7. The van der Waals surface area contributed by atoms with Gasteiger partial charge in [0.2, 0.25) is 0 Å².